The van der Waals surface area contributed by atoms with Crippen LogP contribution in [-0.2, 0) is 6.42 Å². The van der Waals surface area contributed by atoms with Crippen molar-refractivity contribution >= 4 is 11.7 Å². The summed E-state index contributed by atoms with van der Waals surface area (Å²) in [5.41, 5.74) is 1.61. The number of benzene rings is 2. The molecular formula is C24H34N2O4. The molecule has 6 heteroatoms. The average molecular weight is 415 g/mol. The summed E-state index contributed by atoms with van der Waals surface area (Å²) in [6, 6.07) is 12.3. The van der Waals surface area contributed by atoms with Gasteiger partial charge in [0, 0.05) is 19.2 Å². The van der Waals surface area contributed by atoms with Gasteiger partial charge in [-0.25, -0.2) is 4.79 Å². The Morgan fingerprint density at radius 1 is 1.00 bits per heavy atom. The highest BCUT2D eigenvalue weighted by Crippen LogP contribution is 2.29. The zero-order valence-corrected chi connectivity index (χ0v) is 18.3. The smallest absolute Gasteiger partial charge is 0.321 e. The van der Waals surface area contributed by atoms with Gasteiger partial charge in [0.05, 0.1) is 19.9 Å². The highest BCUT2D eigenvalue weighted by Gasteiger charge is 2.16. The largest absolute Gasteiger partial charge is 0.508 e. The zero-order valence-electron chi connectivity index (χ0n) is 18.3. The number of nitrogens with one attached hydrogen (secondary N) is 1. The molecule has 0 bridgehead atoms. The number of aromatic hydroxyl groups is 1. The third-order valence-corrected chi connectivity index (χ3v) is 5.05. The van der Waals surface area contributed by atoms with Crippen LogP contribution >= 0.6 is 0 Å². The van der Waals surface area contributed by atoms with Crippen LogP contribution in [0.5, 0.6) is 17.2 Å². The Labute approximate surface area is 179 Å². The molecule has 2 rings (SSSR count). The van der Waals surface area contributed by atoms with E-state index in [0.717, 1.165) is 18.4 Å². The molecule has 0 aliphatic heterocycles. The van der Waals surface area contributed by atoms with E-state index in [-0.39, 0.29) is 11.8 Å². The molecule has 0 saturated heterocycles. The SMILES string of the molecule is CCCCCCCN(CCc1cccc(O)c1)C(=O)Nc1ccc(OC)cc1OC. The fraction of sp³-hybridized carbons (Fsp3) is 0.458. The van der Waals surface area contributed by atoms with Crippen molar-refractivity contribution in [1.82, 2.24) is 4.90 Å². The number of hydrogen-bond acceptors (Lipinski definition) is 4. The predicted octanol–water partition coefficient (Wildman–Crippen LogP) is 5.46. The predicted molar refractivity (Wildman–Crippen MR) is 121 cm³/mol. The summed E-state index contributed by atoms with van der Waals surface area (Å²) in [4.78, 5) is 14.9. The second-order valence-corrected chi connectivity index (χ2v) is 7.32. The van der Waals surface area contributed by atoms with Gasteiger partial charge in [-0.2, -0.15) is 0 Å². The number of ether oxygens (including phenoxy) is 2. The highest BCUT2D eigenvalue weighted by molar-refractivity contribution is 5.91. The van der Waals surface area contributed by atoms with Gasteiger partial charge in [0.1, 0.15) is 17.2 Å². The molecule has 2 aromatic carbocycles. The molecule has 0 aliphatic rings. The molecule has 6 nitrogen and oxygen atoms in total. The van der Waals surface area contributed by atoms with E-state index in [1.54, 1.807) is 44.6 Å². The summed E-state index contributed by atoms with van der Waals surface area (Å²) < 4.78 is 10.6. The second-order valence-electron chi connectivity index (χ2n) is 7.32. The van der Waals surface area contributed by atoms with Crippen molar-refractivity contribution in [3.63, 3.8) is 0 Å². The minimum absolute atomic E-state index is 0.158. The fourth-order valence-corrected chi connectivity index (χ4v) is 3.29. The van der Waals surface area contributed by atoms with Crippen molar-refractivity contribution < 1.29 is 19.4 Å². The number of amides is 2. The molecule has 2 amide bonds. The summed E-state index contributed by atoms with van der Waals surface area (Å²) in [6.45, 7) is 3.45. The van der Waals surface area contributed by atoms with E-state index in [2.05, 4.69) is 12.2 Å². The fourth-order valence-electron chi connectivity index (χ4n) is 3.29. The normalized spacial score (nSPS) is 10.5. The van der Waals surface area contributed by atoms with Crippen molar-refractivity contribution in [1.29, 1.82) is 0 Å². The van der Waals surface area contributed by atoms with E-state index in [0.29, 0.717) is 36.7 Å². The molecular weight excluding hydrogens is 380 g/mol. The van der Waals surface area contributed by atoms with E-state index in [9.17, 15) is 9.90 Å². The number of hydrogen-bond donors (Lipinski definition) is 2. The first-order valence-corrected chi connectivity index (χ1v) is 10.6. The van der Waals surface area contributed by atoms with Gasteiger partial charge >= 0.3 is 6.03 Å². The number of rotatable bonds is 12. The summed E-state index contributed by atoms with van der Waals surface area (Å²) >= 11 is 0. The van der Waals surface area contributed by atoms with E-state index in [1.807, 2.05) is 17.0 Å². The summed E-state index contributed by atoms with van der Waals surface area (Å²) in [5, 5.41) is 12.7. The van der Waals surface area contributed by atoms with E-state index >= 15 is 0 Å². The summed E-state index contributed by atoms with van der Waals surface area (Å²) in [5.74, 6) is 1.46. The number of anilines is 1. The Bertz CT molecular complexity index is 795. The number of carbonyl (C=O) groups is 1. The number of methoxy groups -OCH3 is 2. The van der Waals surface area contributed by atoms with Crippen molar-refractivity contribution in [3.8, 4) is 17.2 Å². The number of nitrogens with zero attached hydrogens (tertiary/aromatic N) is 1. The minimum atomic E-state index is -0.158. The zero-order chi connectivity index (χ0) is 21.8. The third kappa shape index (κ3) is 7.50. The first kappa shape index (κ1) is 23.4. The lowest BCUT2D eigenvalue weighted by Crippen LogP contribution is -2.37. The monoisotopic (exact) mass is 414 g/mol. The Morgan fingerprint density at radius 2 is 1.80 bits per heavy atom. The first-order valence-electron chi connectivity index (χ1n) is 10.6. The lowest BCUT2D eigenvalue weighted by atomic mass is 10.1. The van der Waals surface area contributed by atoms with Crippen LogP contribution < -0.4 is 14.8 Å². The van der Waals surface area contributed by atoms with Crippen LogP contribution in [0, 0.1) is 0 Å². The molecule has 0 fully saturated rings. The first-order chi connectivity index (χ1) is 14.6. The minimum Gasteiger partial charge on any atom is -0.508 e. The molecule has 0 unspecified atom stereocenters. The van der Waals surface area contributed by atoms with Crippen molar-refractivity contribution in [2.45, 2.75) is 45.4 Å². The van der Waals surface area contributed by atoms with Crippen molar-refractivity contribution in [2.75, 3.05) is 32.6 Å². The number of urea groups is 1. The highest BCUT2D eigenvalue weighted by atomic mass is 16.5. The lowest BCUT2D eigenvalue weighted by Gasteiger charge is -2.24. The molecule has 0 aliphatic carbocycles. The maximum absolute atomic E-state index is 13.0. The van der Waals surface area contributed by atoms with Gasteiger partial charge in [-0.05, 0) is 42.7 Å². The lowest BCUT2D eigenvalue weighted by molar-refractivity contribution is 0.211. The van der Waals surface area contributed by atoms with E-state index < -0.39 is 0 Å². The maximum atomic E-state index is 13.0. The van der Waals surface area contributed by atoms with Crippen molar-refractivity contribution in [3.05, 3.63) is 48.0 Å². The topological polar surface area (TPSA) is 71.0 Å². The standard InChI is InChI=1S/C24H34N2O4/c1-4-5-6-7-8-15-26(16-14-19-10-9-11-20(27)17-19)24(28)25-22-13-12-21(29-2)18-23(22)30-3/h9-13,17-18,27H,4-8,14-16H2,1-3H3,(H,25,28). The molecule has 0 aromatic heterocycles. The van der Waals surface area contributed by atoms with Gasteiger partial charge in [0.25, 0.3) is 0 Å². The van der Waals surface area contributed by atoms with E-state index in [4.69, 9.17) is 9.47 Å². The number of phenols is 1. The van der Waals surface area contributed by atoms with Crippen LogP contribution in [-0.4, -0.2) is 43.3 Å². The van der Waals surface area contributed by atoms with E-state index in [1.165, 1.54) is 19.3 Å². The van der Waals surface area contributed by atoms with Gasteiger partial charge in [-0.1, -0.05) is 44.7 Å². The number of carbonyl (C=O) groups excluding carboxylic acids is 1. The Morgan fingerprint density at radius 3 is 2.50 bits per heavy atom. The molecule has 2 N–H and O–H groups in total. The van der Waals surface area contributed by atoms with Gasteiger partial charge < -0.3 is 24.8 Å². The van der Waals surface area contributed by atoms with Crippen LogP contribution in [0.4, 0.5) is 10.5 Å². The third-order valence-electron chi connectivity index (χ3n) is 5.05. The van der Waals surface area contributed by atoms with Crippen LogP contribution in [0.15, 0.2) is 42.5 Å². The van der Waals surface area contributed by atoms with Gasteiger partial charge in [-0.3, -0.25) is 0 Å². The van der Waals surface area contributed by atoms with Gasteiger partial charge in [0.15, 0.2) is 0 Å². The second kappa shape index (κ2) is 12.6. The Hall–Kier alpha value is -2.89. The van der Waals surface area contributed by atoms with Gasteiger partial charge in [-0.15, -0.1) is 0 Å². The molecule has 0 heterocycles. The molecule has 0 atom stereocenters. The summed E-state index contributed by atoms with van der Waals surface area (Å²) in [6.07, 6.45) is 6.35. The molecule has 0 saturated carbocycles. The van der Waals surface area contributed by atoms with Crippen LogP contribution in [0.3, 0.4) is 0 Å². The summed E-state index contributed by atoms with van der Waals surface area (Å²) in [7, 11) is 3.16. The van der Waals surface area contributed by atoms with Crippen LogP contribution in [0.1, 0.15) is 44.6 Å². The van der Waals surface area contributed by atoms with Crippen LogP contribution in [0.2, 0.25) is 0 Å². The maximum Gasteiger partial charge on any atom is 0.321 e. The average Bonchev–Trinajstić information content (AvgIpc) is 2.75. The van der Waals surface area contributed by atoms with Crippen LogP contribution in [0.25, 0.3) is 0 Å². The molecule has 2 aromatic rings. The quantitative estimate of drug-likeness (QED) is 0.453. The van der Waals surface area contributed by atoms with Crippen molar-refractivity contribution in [2.24, 2.45) is 0 Å². The Kier molecular flexibility index (Phi) is 9.84. The molecule has 30 heavy (non-hydrogen) atoms. The number of unbranched alkanes of at least 4 members (excludes halogenated alkanes) is 4. The number of phenolic OH excluding ortho intramolecular Hbond substituents is 1. The van der Waals surface area contributed by atoms with Gasteiger partial charge in [0.2, 0.25) is 0 Å². The Balaban J connectivity index is 2.04. The molecule has 164 valence electrons. The molecule has 0 radical (unpaired) electrons. The molecule has 0 spiro atoms.